The van der Waals surface area contributed by atoms with E-state index in [1.165, 1.54) is 16.9 Å². The largest absolute Gasteiger partial charge is 0.492 e. The zero-order valence-corrected chi connectivity index (χ0v) is 19.2. The smallest absolute Gasteiger partial charge is 0.268 e. The standard InChI is InChI=1S/C25H23N5O2S/c1-3-23-28-29-25(33-23)27-24(31)18(15-26)14-19-16-30(22-7-5-4-6-21(19)22)12-13-32-20-10-8-17(2)9-11-20/h4-11,14,16H,3,12-13H2,1-2H3,(H,27,29,31)/b18-14-. The second-order valence-corrected chi connectivity index (χ2v) is 8.50. The van der Waals surface area contributed by atoms with E-state index in [4.69, 9.17) is 4.74 Å². The van der Waals surface area contributed by atoms with Gasteiger partial charge in [0.2, 0.25) is 5.13 Å². The van der Waals surface area contributed by atoms with Crippen molar-refractivity contribution in [3.8, 4) is 11.8 Å². The van der Waals surface area contributed by atoms with Crippen molar-refractivity contribution in [1.29, 1.82) is 5.26 Å². The maximum atomic E-state index is 12.7. The van der Waals surface area contributed by atoms with Crippen LogP contribution in [0.1, 0.15) is 23.1 Å². The molecule has 0 aliphatic heterocycles. The van der Waals surface area contributed by atoms with Gasteiger partial charge in [-0.1, -0.05) is 54.2 Å². The Morgan fingerprint density at radius 1 is 1.21 bits per heavy atom. The van der Waals surface area contributed by atoms with Crippen molar-refractivity contribution in [2.24, 2.45) is 0 Å². The highest BCUT2D eigenvalue weighted by molar-refractivity contribution is 7.15. The van der Waals surface area contributed by atoms with Crippen LogP contribution in [0.25, 0.3) is 17.0 Å². The number of ether oxygens (including phenoxy) is 1. The van der Waals surface area contributed by atoms with Crippen LogP contribution in [0.5, 0.6) is 5.75 Å². The van der Waals surface area contributed by atoms with Crippen LogP contribution in [0.15, 0.2) is 60.3 Å². The van der Waals surface area contributed by atoms with Gasteiger partial charge in [0.15, 0.2) is 0 Å². The second kappa shape index (κ2) is 10.1. The third-order valence-corrected chi connectivity index (χ3v) is 6.08. The lowest BCUT2D eigenvalue weighted by Gasteiger charge is -2.08. The molecule has 0 spiro atoms. The minimum Gasteiger partial charge on any atom is -0.492 e. The molecule has 0 saturated heterocycles. The average molecular weight is 458 g/mol. The topological polar surface area (TPSA) is 92.8 Å². The molecule has 7 nitrogen and oxygen atoms in total. The Kier molecular flexibility index (Phi) is 6.81. The minimum absolute atomic E-state index is 0.00190. The lowest BCUT2D eigenvalue weighted by molar-refractivity contribution is -0.112. The maximum absolute atomic E-state index is 12.7. The summed E-state index contributed by atoms with van der Waals surface area (Å²) in [7, 11) is 0. The first-order chi connectivity index (χ1) is 16.1. The van der Waals surface area contributed by atoms with Crippen LogP contribution in [-0.2, 0) is 17.8 Å². The van der Waals surface area contributed by atoms with Gasteiger partial charge in [-0.3, -0.25) is 10.1 Å². The van der Waals surface area contributed by atoms with E-state index in [2.05, 4.69) is 20.1 Å². The molecule has 2 aromatic carbocycles. The number of carbonyl (C=O) groups excluding carboxylic acids is 1. The van der Waals surface area contributed by atoms with E-state index in [1.54, 1.807) is 6.08 Å². The summed E-state index contributed by atoms with van der Waals surface area (Å²) in [5, 5.41) is 22.4. The number of aromatic nitrogens is 3. The molecule has 0 aliphatic carbocycles. The van der Waals surface area contributed by atoms with Crippen molar-refractivity contribution in [1.82, 2.24) is 14.8 Å². The summed E-state index contributed by atoms with van der Waals surface area (Å²) >= 11 is 1.30. The summed E-state index contributed by atoms with van der Waals surface area (Å²) in [5.41, 5.74) is 2.98. The number of hydrogen-bond donors (Lipinski definition) is 1. The van der Waals surface area contributed by atoms with Crippen molar-refractivity contribution in [2.45, 2.75) is 26.8 Å². The highest BCUT2D eigenvalue weighted by Crippen LogP contribution is 2.24. The number of nitrogens with one attached hydrogen (secondary N) is 1. The predicted octanol–water partition coefficient (Wildman–Crippen LogP) is 4.99. The van der Waals surface area contributed by atoms with Crippen molar-refractivity contribution in [3.05, 3.63) is 76.4 Å². The molecule has 2 heterocycles. The number of anilines is 1. The Labute approximate surface area is 196 Å². The molecule has 4 aromatic rings. The fourth-order valence-electron chi connectivity index (χ4n) is 3.39. The number of fused-ring (bicyclic) bond motifs is 1. The van der Waals surface area contributed by atoms with Crippen LogP contribution in [0, 0.1) is 18.3 Å². The van der Waals surface area contributed by atoms with Crippen molar-refractivity contribution < 1.29 is 9.53 Å². The van der Waals surface area contributed by atoms with Gasteiger partial charge in [0.25, 0.3) is 5.91 Å². The molecule has 0 bridgehead atoms. The number of aryl methyl sites for hydroxylation is 2. The monoisotopic (exact) mass is 457 g/mol. The van der Waals surface area contributed by atoms with Crippen LogP contribution in [0.3, 0.4) is 0 Å². The fourth-order valence-corrected chi connectivity index (χ4v) is 4.06. The van der Waals surface area contributed by atoms with E-state index < -0.39 is 5.91 Å². The molecule has 4 rings (SSSR count). The normalized spacial score (nSPS) is 11.4. The number of carbonyl (C=O) groups is 1. The van der Waals surface area contributed by atoms with E-state index in [0.29, 0.717) is 18.3 Å². The van der Waals surface area contributed by atoms with Crippen molar-refractivity contribution >= 4 is 39.4 Å². The lowest BCUT2D eigenvalue weighted by atomic mass is 10.1. The molecule has 0 saturated carbocycles. The highest BCUT2D eigenvalue weighted by Gasteiger charge is 2.14. The predicted molar refractivity (Wildman–Crippen MR) is 130 cm³/mol. The summed E-state index contributed by atoms with van der Waals surface area (Å²) in [6.45, 7) is 5.12. The average Bonchev–Trinajstić information content (AvgIpc) is 3.43. The fraction of sp³-hybridized carbons (Fsp3) is 0.200. The first-order valence-corrected chi connectivity index (χ1v) is 11.4. The molecule has 1 N–H and O–H groups in total. The molecule has 33 heavy (non-hydrogen) atoms. The molecule has 166 valence electrons. The van der Waals surface area contributed by atoms with Gasteiger partial charge in [-0.2, -0.15) is 5.26 Å². The van der Waals surface area contributed by atoms with Gasteiger partial charge < -0.3 is 9.30 Å². The minimum atomic E-state index is -0.504. The van der Waals surface area contributed by atoms with Gasteiger partial charge >= 0.3 is 0 Å². The Morgan fingerprint density at radius 2 is 2.00 bits per heavy atom. The number of para-hydroxylation sites is 1. The molecule has 0 fully saturated rings. The molecule has 0 radical (unpaired) electrons. The van der Waals surface area contributed by atoms with Crippen LogP contribution in [-0.4, -0.2) is 27.3 Å². The number of rotatable bonds is 8. The summed E-state index contributed by atoms with van der Waals surface area (Å²) < 4.78 is 7.95. The number of nitriles is 1. The Balaban J connectivity index is 1.53. The van der Waals surface area contributed by atoms with Crippen LogP contribution in [0.4, 0.5) is 5.13 Å². The van der Waals surface area contributed by atoms with Gasteiger partial charge in [0.05, 0.1) is 6.54 Å². The first-order valence-electron chi connectivity index (χ1n) is 10.6. The highest BCUT2D eigenvalue weighted by atomic mass is 32.1. The number of amides is 1. The van der Waals surface area contributed by atoms with E-state index in [9.17, 15) is 10.1 Å². The third kappa shape index (κ3) is 5.27. The summed E-state index contributed by atoms with van der Waals surface area (Å²) in [6.07, 6.45) is 4.28. The van der Waals surface area contributed by atoms with Crippen LogP contribution in [0.2, 0.25) is 0 Å². The zero-order valence-electron chi connectivity index (χ0n) is 18.4. The number of benzene rings is 2. The SMILES string of the molecule is CCc1nnc(NC(=O)/C(C#N)=C\c2cn(CCOc3ccc(C)cc3)c3ccccc23)s1. The quantitative estimate of drug-likeness (QED) is 0.297. The summed E-state index contributed by atoms with van der Waals surface area (Å²) in [4.78, 5) is 12.7. The summed E-state index contributed by atoms with van der Waals surface area (Å²) in [6, 6.07) is 17.8. The van der Waals surface area contributed by atoms with Crippen LogP contribution < -0.4 is 10.1 Å². The molecule has 2 aromatic heterocycles. The van der Waals surface area contributed by atoms with Gasteiger partial charge in [0.1, 0.15) is 29.0 Å². The Bertz CT molecular complexity index is 1350. The molecular formula is C25H23N5O2S. The number of hydrogen-bond acceptors (Lipinski definition) is 6. The van der Waals surface area contributed by atoms with Crippen molar-refractivity contribution in [3.63, 3.8) is 0 Å². The third-order valence-electron chi connectivity index (χ3n) is 5.10. The maximum Gasteiger partial charge on any atom is 0.268 e. The van der Waals surface area contributed by atoms with E-state index in [-0.39, 0.29) is 5.57 Å². The van der Waals surface area contributed by atoms with E-state index in [1.807, 2.05) is 74.6 Å². The molecule has 0 aliphatic rings. The molecule has 0 atom stereocenters. The second-order valence-electron chi connectivity index (χ2n) is 7.43. The zero-order chi connectivity index (χ0) is 23.2. The molecule has 1 amide bonds. The van der Waals surface area contributed by atoms with Crippen LogP contribution >= 0.6 is 11.3 Å². The molecule has 0 unspecified atom stereocenters. The molecular weight excluding hydrogens is 434 g/mol. The van der Waals surface area contributed by atoms with Gasteiger partial charge in [0, 0.05) is 22.7 Å². The van der Waals surface area contributed by atoms with Gasteiger partial charge in [-0.15, -0.1) is 10.2 Å². The Morgan fingerprint density at radius 3 is 2.73 bits per heavy atom. The van der Waals surface area contributed by atoms with Crippen molar-refractivity contribution in [2.75, 3.05) is 11.9 Å². The first kappa shape index (κ1) is 22.2. The van der Waals surface area contributed by atoms with E-state index in [0.717, 1.165) is 33.6 Å². The summed E-state index contributed by atoms with van der Waals surface area (Å²) in [5.74, 6) is 0.319. The Hall–Kier alpha value is -3.96. The lowest BCUT2D eigenvalue weighted by Crippen LogP contribution is -2.13. The van der Waals surface area contributed by atoms with Gasteiger partial charge in [-0.25, -0.2) is 0 Å². The molecule has 8 heteroatoms. The van der Waals surface area contributed by atoms with E-state index >= 15 is 0 Å². The number of nitrogens with zero attached hydrogens (tertiary/aromatic N) is 4. The van der Waals surface area contributed by atoms with Gasteiger partial charge in [-0.05, 0) is 37.6 Å².